The van der Waals surface area contributed by atoms with E-state index in [9.17, 15) is 14.6 Å². The summed E-state index contributed by atoms with van der Waals surface area (Å²) < 4.78 is 13.1. The SMILES string of the molecule is CC(O)(c1cccc(F)c1)c1ccccc1O. The van der Waals surface area contributed by atoms with Gasteiger partial charge < -0.3 is 10.2 Å². The number of benzene rings is 2. The van der Waals surface area contributed by atoms with E-state index in [0.29, 0.717) is 11.1 Å². The van der Waals surface area contributed by atoms with Crippen molar-refractivity contribution >= 4 is 0 Å². The van der Waals surface area contributed by atoms with E-state index in [4.69, 9.17) is 0 Å². The van der Waals surface area contributed by atoms with Gasteiger partial charge in [-0.25, -0.2) is 4.39 Å². The van der Waals surface area contributed by atoms with E-state index in [0.717, 1.165) is 0 Å². The van der Waals surface area contributed by atoms with Gasteiger partial charge in [0.05, 0.1) is 0 Å². The maximum atomic E-state index is 13.1. The van der Waals surface area contributed by atoms with Crippen LogP contribution in [-0.4, -0.2) is 10.2 Å². The van der Waals surface area contributed by atoms with Crippen LogP contribution in [0.3, 0.4) is 0 Å². The Balaban J connectivity index is 2.53. The summed E-state index contributed by atoms with van der Waals surface area (Å²) in [6.07, 6.45) is 0. The van der Waals surface area contributed by atoms with E-state index < -0.39 is 11.4 Å². The molecule has 0 aliphatic heterocycles. The van der Waals surface area contributed by atoms with Crippen molar-refractivity contribution in [1.82, 2.24) is 0 Å². The summed E-state index contributed by atoms with van der Waals surface area (Å²) in [7, 11) is 0. The summed E-state index contributed by atoms with van der Waals surface area (Å²) >= 11 is 0. The topological polar surface area (TPSA) is 40.5 Å². The standard InChI is InChI=1S/C14H13FO2/c1-14(17,10-5-4-6-11(15)9-10)12-7-2-3-8-13(12)16/h2-9,16-17H,1H3. The van der Waals surface area contributed by atoms with Gasteiger partial charge in [-0.15, -0.1) is 0 Å². The molecule has 2 nitrogen and oxygen atoms in total. The Morgan fingerprint density at radius 1 is 1.06 bits per heavy atom. The van der Waals surface area contributed by atoms with Gasteiger partial charge in [0.15, 0.2) is 0 Å². The monoisotopic (exact) mass is 232 g/mol. The van der Waals surface area contributed by atoms with E-state index in [1.54, 1.807) is 24.3 Å². The van der Waals surface area contributed by atoms with Crippen molar-refractivity contribution in [2.75, 3.05) is 0 Å². The van der Waals surface area contributed by atoms with Gasteiger partial charge in [-0.1, -0.05) is 30.3 Å². The minimum absolute atomic E-state index is 0.0123. The molecule has 0 heterocycles. The molecule has 0 spiro atoms. The zero-order chi connectivity index (χ0) is 12.5. The van der Waals surface area contributed by atoms with Gasteiger partial charge in [-0.3, -0.25) is 0 Å². The molecule has 1 atom stereocenters. The van der Waals surface area contributed by atoms with Crippen molar-refractivity contribution in [3.63, 3.8) is 0 Å². The lowest BCUT2D eigenvalue weighted by atomic mass is 9.87. The van der Waals surface area contributed by atoms with Gasteiger partial charge >= 0.3 is 0 Å². The van der Waals surface area contributed by atoms with Crippen LogP contribution in [0.5, 0.6) is 5.75 Å². The van der Waals surface area contributed by atoms with Crippen LogP contribution in [0.15, 0.2) is 48.5 Å². The molecule has 0 aliphatic rings. The molecule has 2 rings (SSSR count). The number of phenols is 1. The number of aliphatic hydroxyl groups is 1. The quantitative estimate of drug-likeness (QED) is 0.835. The average molecular weight is 232 g/mol. The van der Waals surface area contributed by atoms with Gasteiger partial charge in [0.2, 0.25) is 0 Å². The highest BCUT2D eigenvalue weighted by atomic mass is 19.1. The normalized spacial score (nSPS) is 14.3. The van der Waals surface area contributed by atoms with Crippen LogP contribution in [0, 0.1) is 5.82 Å². The fourth-order valence-corrected chi connectivity index (χ4v) is 1.83. The van der Waals surface area contributed by atoms with Crippen LogP contribution in [0.25, 0.3) is 0 Å². The van der Waals surface area contributed by atoms with E-state index in [1.807, 2.05) is 0 Å². The molecule has 0 aromatic heterocycles. The summed E-state index contributed by atoms with van der Waals surface area (Å²) in [4.78, 5) is 0. The maximum absolute atomic E-state index is 13.1. The van der Waals surface area contributed by atoms with E-state index >= 15 is 0 Å². The molecule has 0 aliphatic carbocycles. The molecule has 2 aromatic rings. The number of phenolic OH excluding ortho intramolecular Hbond substituents is 1. The second kappa shape index (κ2) is 4.18. The maximum Gasteiger partial charge on any atom is 0.123 e. The van der Waals surface area contributed by atoms with Crippen LogP contribution in [-0.2, 0) is 5.60 Å². The minimum Gasteiger partial charge on any atom is -0.508 e. The number of aromatic hydroxyl groups is 1. The average Bonchev–Trinajstić information content (AvgIpc) is 2.29. The molecule has 2 N–H and O–H groups in total. The van der Waals surface area contributed by atoms with Crippen molar-refractivity contribution < 1.29 is 14.6 Å². The zero-order valence-corrected chi connectivity index (χ0v) is 9.39. The van der Waals surface area contributed by atoms with E-state index in [-0.39, 0.29) is 5.75 Å². The summed E-state index contributed by atoms with van der Waals surface area (Å²) in [6, 6.07) is 12.2. The molecule has 0 amide bonds. The van der Waals surface area contributed by atoms with Crippen LogP contribution in [0.2, 0.25) is 0 Å². The Labute approximate surface area is 99.0 Å². The van der Waals surface area contributed by atoms with Crippen molar-refractivity contribution in [2.24, 2.45) is 0 Å². The first-order valence-electron chi connectivity index (χ1n) is 5.28. The lowest BCUT2D eigenvalue weighted by Crippen LogP contribution is -2.23. The van der Waals surface area contributed by atoms with Crippen LogP contribution < -0.4 is 0 Å². The Kier molecular flexibility index (Phi) is 2.86. The van der Waals surface area contributed by atoms with Crippen LogP contribution in [0.1, 0.15) is 18.1 Å². The molecular weight excluding hydrogens is 219 g/mol. The zero-order valence-electron chi connectivity index (χ0n) is 9.39. The third kappa shape index (κ3) is 2.15. The number of halogens is 1. The number of hydrogen-bond acceptors (Lipinski definition) is 2. The fraction of sp³-hybridized carbons (Fsp3) is 0.143. The van der Waals surface area contributed by atoms with Crippen molar-refractivity contribution in [3.8, 4) is 5.75 Å². The van der Waals surface area contributed by atoms with Crippen LogP contribution >= 0.6 is 0 Å². The third-order valence-corrected chi connectivity index (χ3v) is 2.82. The van der Waals surface area contributed by atoms with Gasteiger partial charge in [0, 0.05) is 5.56 Å². The largest absolute Gasteiger partial charge is 0.508 e. The number of hydrogen-bond donors (Lipinski definition) is 2. The molecule has 17 heavy (non-hydrogen) atoms. The molecule has 3 heteroatoms. The summed E-state index contributed by atoms with van der Waals surface area (Å²) in [5, 5.41) is 20.2. The van der Waals surface area contributed by atoms with Crippen molar-refractivity contribution in [2.45, 2.75) is 12.5 Å². The van der Waals surface area contributed by atoms with Gasteiger partial charge in [0.1, 0.15) is 17.2 Å². The molecule has 0 radical (unpaired) electrons. The molecule has 1 unspecified atom stereocenters. The predicted octanol–water partition coefficient (Wildman–Crippen LogP) is 2.79. The Bertz CT molecular complexity index is 535. The summed E-state index contributed by atoms with van der Waals surface area (Å²) in [6.45, 7) is 1.52. The van der Waals surface area contributed by atoms with E-state index in [1.165, 1.54) is 31.2 Å². The van der Waals surface area contributed by atoms with E-state index in [2.05, 4.69) is 0 Å². The Hall–Kier alpha value is -1.87. The second-order valence-corrected chi connectivity index (χ2v) is 4.10. The highest BCUT2D eigenvalue weighted by Crippen LogP contribution is 2.34. The Morgan fingerprint density at radius 2 is 1.76 bits per heavy atom. The molecule has 88 valence electrons. The predicted molar refractivity (Wildman–Crippen MR) is 63.2 cm³/mol. The first kappa shape index (κ1) is 11.6. The third-order valence-electron chi connectivity index (χ3n) is 2.82. The molecule has 0 saturated heterocycles. The van der Waals surface area contributed by atoms with Crippen molar-refractivity contribution in [1.29, 1.82) is 0 Å². The molecular formula is C14H13FO2. The lowest BCUT2D eigenvalue weighted by Gasteiger charge is -2.25. The highest BCUT2D eigenvalue weighted by Gasteiger charge is 2.28. The highest BCUT2D eigenvalue weighted by molar-refractivity contribution is 5.43. The molecule has 0 saturated carbocycles. The van der Waals surface area contributed by atoms with Gasteiger partial charge in [0.25, 0.3) is 0 Å². The number of rotatable bonds is 2. The second-order valence-electron chi connectivity index (χ2n) is 4.10. The fourth-order valence-electron chi connectivity index (χ4n) is 1.83. The Morgan fingerprint density at radius 3 is 2.41 bits per heavy atom. The van der Waals surface area contributed by atoms with Crippen LogP contribution in [0.4, 0.5) is 4.39 Å². The summed E-state index contributed by atoms with van der Waals surface area (Å²) in [5.74, 6) is -0.431. The smallest absolute Gasteiger partial charge is 0.123 e. The minimum atomic E-state index is -1.42. The molecule has 0 bridgehead atoms. The summed E-state index contributed by atoms with van der Waals surface area (Å²) in [5.41, 5.74) is -0.669. The molecule has 2 aromatic carbocycles. The van der Waals surface area contributed by atoms with Crippen molar-refractivity contribution in [3.05, 3.63) is 65.5 Å². The first-order valence-corrected chi connectivity index (χ1v) is 5.28. The molecule has 0 fully saturated rings. The van der Waals surface area contributed by atoms with Gasteiger partial charge in [-0.2, -0.15) is 0 Å². The first-order chi connectivity index (χ1) is 8.01. The number of para-hydroxylation sites is 1. The van der Waals surface area contributed by atoms with Gasteiger partial charge in [-0.05, 0) is 30.7 Å². The lowest BCUT2D eigenvalue weighted by molar-refractivity contribution is 0.0988.